The first-order valence-electron chi connectivity index (χ1n) is 13.6. The third-order valence-electron chi connectivity index (χ3n) is 8.58. The molecule has 0 saturated carbocycles. The first kappa shape index (κ1) is 23.1. The lowest BCUT2D eigenvalue weighted by atomic mass is 9.77. The van der Waals surface area contributed by atoms with Gasteiger partial charge in [0, 0.05) is 18.2 Å². The molecule has 7 rings (SSSR count). The largest absolute Gasteiger partial charge is 0.318 e. The highest BCUT2D eigenvalue weighted by Crippen LogP contribution is 2.42. The molecule has 188 valence electrons. The summed E-state index contributed by atoms with van der Waals surface area (Å²) in [7, 11) is 0. The molecule has 5 aromatic rings. The van der Waals surface area contributed by atoms with Gasteiger partial charge in [0.1, 0.15) is 16.9 Å². The van der Waals surface area contributed by atoms with Gasteiger partial charge >= 0.3 is 0 Å². The summed E-state index contributed by atoms with van der Waals surface area (Å²) in [6, 6.07) is 36.3. The Morgan fingerprint density at radius 2 is 1.26 bits per heavy atom. The lowest BCUT2D eigenvalue weighted by Crippen LogP contribution is -2.37. The Kier molecular flexibility index (Phi) is 5.67. The first-order chi connectivity index (χ1) is 18.8. The fourth-order valence-corrected chi connectivity index (χ4v) is 6.71. The molecule has 0 spiro atoms. The number of nitrogens with zero attached hydrogens (tertiary/aromatic N) is 5. The molecule has 5 nitrogen and oxygen atoms in total. The Hall–Kier alpha value is -4.09. The number of hydrogen-bond acceptors (Lipinski definition) is 4. The van der Waals surface area contributed by atoms with Crippen LogP contribution >= 0.6 is 0 Å². The van der Waals surface area contributed by atoms with Crippen LogP contribution in [0.2, 0.25) is 0 Å². The molecule has 4 heterocycles. The zero-order valence-electron chi connectivity index (χ0n) is 21.4. The molecule has 2 saturated heterocycles. The van der Waals surface area contributed by atoms with Crippen LogP contribution in [0.15, 0.2) is 116 Å². The molecule has 5 heteroatoms. The Balaban J connectivity index is 1.34. The first-order valence-corrected chi connectivity index (χ1v) is 13.6. The van der Waals surface area contributed by atoms with Gasteiger partial charge in [-0.05, 0) is 61.2 Å². The zero-order chi connectivity index (χ0) is 25.4. The minimum Gasteiger partial charge on any atom is -0.318 e. The van der Waals surface area contributed by atoms with E-state index in [2.05, 4.69) is 119 Å². The molecule has 2 aromatic heterocycles. The van der Waals surface area contributed by atoms with Gasteiger partial charge in [-0.15, -0.1) is 5.10 Å². The van der Waals surface area contributed by atoms with Crippen molar-refractivity contribution in [3.63, 3.8) is 0 Å². The van der Waals surface area contributed by atoms with Crippen LogP contribution in [0.25, 0.3) is 11.4 Å². The highest BCUT2D eigenvalue weighted by Gasteiger charge is 2.43. The number of benzene rings is 3. The lowest BCUT2D eigenvalue weighted by molar-refractivity contribution is 0.239. The second-order valence-electron chi connectivity index (χ2n) is 10.7. The molecule has 2 aliphatic heterocycles. The Morgan fingerprint density at radius 3 is 1.84 bits per heavy atom. The Labute approximate surface area is 223 Å². The van der Waals surface area contributed by atoms with Gasteiger partial charge in [-0.3, -0.25) is 0 Å². The minimum atomic E-state index is -0.587. The van der Waals surface area contributed by atoms with Crippen LogP contribution in [0, 0.1) is 0 Å². The Morgan fingerprint density at radius 1 is 0.632 bits per heavy atom. The fraction of sp³-hybridized carbons (Fsp3) is 0.242. The van der Waals surface area contributed by atoms with Crippen molar-refractivity contribution in [1.82, 2.24) is 24.6 Å². The van der Waals surface area contributed by atoms with Crippen molar-refractivity contribution >= 4 is 0 Å². The highest BCUT2D eigenvalue weighted by molar-refractivity contribution is 5.56. The number of aromatic nitrogens is 4. The van der Waals surface area contributed by atoms with Crippen molar-refractivity contribution in [1.29, 1.82) is 0 Å². The summed E-state index contributed by atoms with van der Waals surface area (Å²) in [6.07, 6.45) is 7.69. The van der Waals surface area contributed by atoms with E-state index in [-0.39, 0.29) is 5.41 Å². The van der Waals surface area contributed by atoms with E-state index in [1.807, 2.05) is 6.33 Å². The summed E-state index contributed by atoms with van der Waals surface area (Å²) in [5.41, 5.74) is 5.86. The summed E-state index contributed by atoms with van der Waals surface area (Å²) in [5, 5.41) is 9.47. The van der Waals surface area contributed by atoms with Crippen molar-refractivity contribution < 1.29 is 0 Å². The van der Waals surface area contributed by atoms with Gasteiger partial charge in [-0.2, -0.15) is 5.10 Å². The van der Waals surface area contributed by atoms with Crippen LogP contribution in [-0.4, -0.2) is 44.3 Å². The van der Waals surface area contributed by atoms with E-state index in [0.29, 0.717) is 0 Å². The summed E-state index contributed by atoms with van der Waals surface area (Å²) >= 11 is 0. The quantitative estimate of drug-likeness (QED) is 0.273. The topological polar surface area (TPSA) is 46.8 Å². The lowest BCUT2D eigenvalue weighted by Gasteiger charge is -2.37. The SMILES string of the molecule is c1ccc(C(c2ccccc2)(c2ccccc2)n2cnc(-c3ccc(C45CCCN(CC4)C5)nn3)c2)cc1. The second kappa shape index (κ2) is 9.34. The van der Waals surface area contributed by atoms with E-state index in [1.54, 1.807) is 0 Å². The normalized spacial score (nSPS) is 20.9. The smallest absolute Gasteiger partial charge is 0.121 e. The van der Waals surface area contributed by atoms with Gasteiger partial charge in [0.15, 0.2) is 0 Å². The van der Waals surface area contributed by atoms with E-state index in [0.717, 1.165) is 23.6 Å². The predicted molar refractivity (Wildman–Crippen MR) is 150 cm³/mol. The van der Waals surface area contributed by atoms with Gasteiger partial charge < -0.3 is 9.47 Å². The molecule has 2 bridgehead atoms. The molecule has 0 amide bonds. The summed E-state index contributed by atoms with van der Waals surface area (Å²) < 4.78 is 2.23. The molecule has 0 radical (unpaired) electrons. The molecule has 38 heavy (non-hydrogen) atoms. The zero-order valence-corrected chi connectivity index (χ0v) is 21.4. The third kappa shape index (κ3) is 3.69. The maximum Gasteiger partial charge on any atom is 0.121 e. The number of fused-ring (bicyclic) bond motifs is 2. The van der Waals surface area contributed by atoms with Crippen LogP contribution in [-0.2, 0) is 11.0 Å². The van der Waals surface area contributed by atoms with Gasteiger partial charge in [-0.1, -0.05) is 91.0 Å². The monoisotopic (exact) mass is 497 g/mol. The molecule has 0 aliphatic carbocycles. The summed E-state index contributed by atoms with van der Waals surface area (Å²) in [6.45, 7) is 3.51. The van der Waals surface area contributed by atoms with Gasteiger partial charge in [-0.25, -0.2) is 4.98 Å². The molecular weight excluding hydrogens is 466 g/mol. The summed E-state index contributed by atoms with van der Waals surface area (Å²) in [5.74, 6) is 0. The maximum absolute atomic E-state index is 4.87. The third-order valence-corrected chi connectivity index (χ3v) is 8.58. The van der Waals surface area contributed by atoms with Gasteiger partial charge in [0.2, 0.25) is 0 Å². The van der Waals surface area contributed by atoms with Crippen molar-refractivity contribution in [2.75, 3.05) is 19.6 Å². The molecule has 3 aromatic carbocycles. The fourth-order valence-electron chi connectivity index (χ4n) is 6.71. The summed E-state index contributed by atoms with van der Waals surface area (Å²) in [4.78, 5) is 7.44. The number of hydrogen-bond donors (Lipinski definition) is 0. The number of imidazole rings is 1. The van der Waals surface area contributed by atoms with E-state index >= 15 is 0 Å². The highest BCUT2D eigenvalue weighted by atomic mass is 15.2. The molecule has 2 aliphatic rings. The van der Waals surface area contributed by atoms with Crippen molar-refractivity contribution in [2.45, 2.75) is 30.2 Å². The van der Waals surface area contributed by atoms with Crippen LogP contribution < -0.4 is 0 Å². The van der Waals surface area contributed by atoms with Crippen LogP contribution in [0.3, 0.4) is 0 Å². The van der Waals surface area contributed by atoms with Gasteiger partial charge in [0.25, 0.3) is 0 Å². The molecule has 2 fully saturated rings. The van der Waals surface area contributed by atoms with E-state index < -0.39 is 5.54 Å². The van der Waals surface area contributed by atoms with Crippen LogP contribution in [0.5, 0.6) is 0 Å². The molecule has 0 N–H and O–H groups in total. The average molecular weight is 498 g/mol. The molecule has 2 unspecified atom stereocenters. The van der Waals surface area contributed by atoms with Crippen LogP contribution in [0.4, 0.5) is 0 Å². The second-order valence-corrected chi connectivity index (χ2v) is 10.7. The maximum atomic E-state index is 4.87. The molecule has 2 atom stereocenters. The number of piperidine rings is 1. The van der Waals surface area contributed by atoms with Crippen LogP contribution in [0.1, 0.15) is 41.6 Å². The Bertz CT molecular complexity index is 1410. The van der Waals surface area contributed by atoms with Crippen molar-refractivity contribution in [3.05, 3.63) is 138 Å². The average Bonchev–Trinajstić information content (AvgIpc) is 3.60. The van der Waals surface area contributed by atoms with Crippen molar-refractivity contribution in [2.24, 2.45) is 0 Å². The van der Waals surface area contributed by atoms with Gasteiger partial charge in [0.05, 0.1) is 12.0 Å². The number of rotatable bonds is 6. The van der Waals surface area contributed by atoms with E-state index in [4.69, 9.17) is 15.2 Å². The van der Waals surface area contributed by atoms with E-state index in [1.165, 1.54) is 49.0 Å². The molecular formula is C33H31N5. The standard InChI is InChI=1S/C33H31N5/c1-4-11-26(12-5-1)33(27-13-6-2-7-14-27,28-15-8-3-9-16-28)38-23-30(34-25-38)29-17-18-31(36-35-29)32-19-10-21-37(24-32)22-20-32/h1-9,11-18,23,25H,10,19-22,24H2. The van der Waals surface area contributed by atoms with Crippen molar-refractivity contribution in [3.8, 4) is 11.4 Å². The predicted octanol–water partition coefficient (Wildman–Crippen LogP) is 5.92. The van der Waals surface area contributed by atoms with E-state index in [9.17, 15) is 0 Å². The minimum absolute atomic E-state index is 0.173.